The number of hydrogen-bond acceptors (Lipinski definition) is 4. The third-order valence-electron chi connectivity index (χ3n) is 2.50. The summed E-state index contributed by atoms with van der Waals surface area (Å²) >= 11 is 0. The predicted octanol–water partition coefficient (Wildman–Crippen LogP) is -0.743. The van der Waals surface area contributed by atoms with Crippen LogP contribution in [0.1, 0.15) is 20.8 Å². The summed E-state index contributed by atoms with van der Waals surface area (Å²) in [4.78, 5) is 23.0. The lowest BCUT2D eigenvalue weighted by molar-refractivity contribution is -0.129. The largest absolute Gasteiger partial charge is 0.409 e. The minimum absolute atomic E-state index is 0.166. The van der Waals surface area contributed by atoms with Crippen LogP contribution in [0.2, 0.25) is 0 Å². The quantitative estimate of drug-likeness (QED) is 0.220. The maximum absolute atomic E-state index is 11.6. The van der Waals surface area contributed by atoms with E-state index in [9.17, 15) is 9.59 Å². The molecular formula is C10H20N4O3. The van der Waals surface area contributed by atoms with Gasteiger partial charge in [-0.3, -0.25) is 9.59 Å². The van der Waals surface area contributed by atoms with E-state index in [4.69, 9.17) is 10.9 Å². The average Bonchev–Trinajstić information content (AvgIpc) is 2.32. The molecule has 98 valence electrons. The fourth-order valence-corrected chi connectivity index (χ4v) is 1.10. The number of oxime groups is 1. The third kappa shape index (κ3) is 4.29. The molecule has 0 bridgehead atoms. The van der Waals surface area contributed by atoms with Crippen molar-refractivity contribution >= 4 is 17.6 Å². The molecule has 0 aromatic heterocycles. The summed E-state index contributed by atoms with van der Waals surface area (Å²) in [7, 11) is 1.53. The first-order valence-corrected chi connectivity index (χ1v) is 5.23. The highest BCUT2D eigenvalue weighted by molar-refractivity contribution is 6.01. The normalized spacial score (nSPS) is 14.0. The predicted molar refractivity (Wildman–Crippen MR) is 63.4 cm³/mol. The number of nitrogens with one attached hydrogen (secondary N) is 2. The molecule has 0 aromatic carbocycles. The molecule has 0 aliphatic rings. The number of hydrogen-bond donors (Lipinski definition) is 4. The Balaban J connectivity index is 4.39. The van der Waals surface area contributed by atoms with Gasteiger partial charge in [-0.05, 0) is 20.8 Å². The Hall–Kier alpha value is -1.79. The second-order valence-electron chi connectivity index (χ2n) is 4.43. The molecule has 2 amide bonds. The molecule has 0 rings (SSSR count). The second kappa shape index (κ2) is 6.07. The van der Waals surface area contributed by atoms with Crippen molar-refractivity contribution in [2.24, 2.45) is 22.2 Å². The zero-order chi connectivity index (χ0) is 13.6. The van der Waals surface area contributed by atoms with Gasteiger partial charge in [0.2, 0.25) is 11.8 Å². The SMILES string of the molecule is CNC(=O)C(C)(C)CNC(=O)C(C)C(N)=NO. The highest BCUT2D eigenvalue weighted by atomic mass is 16.4. The molecule has 7 heteroatoms. The number of rotatable bonds is 5. The maximum atomic E-state index is 11.6. The van der Waals surface area contributed by atoms with Gasteiger partial charge in [-0.1, -0.05) is 5.16 Å². The first kappa shape index (κ1) is 15.2. The van der Waals surface area contributed by atoms with Crippen LogP contribution >= 0.6 is 0 Å². The number of nitrogens with two attached hydrogens (primary N) is 1. The molecule has 0 heterocycles. The van der Waals surface area contributed by atoms with E-state index in [1.54, 1.807) is 13.8 Å². The van der Waals surface area contributed by atoms with Gasteiger partial charge in [-0.25, -0.2) is 0 Å². The summed E-state index contributed by atoms with van der Waals surface area (Å²) in [6.07, 6.45) is 0. The first-order valence-electron chi connectivity index (χ1n) is 5.23. The standard InChI is InChI=1S/C10H20N4O3/c1-6(7(11)14-17)8(15)13-5-10(2,3)9(16)12-4/h6,17H,5H2,1-4H3,(H2,11,14)(H,12,16)(H,13,15). The lowest BCUT2D eigenvalue weighted by Gasteiger charge is -2.23. The summed E-state index contributed by atoms with van der Waals surface area (Å²) in [6, 6.07) is 0. The van der Waals surface area contributed by atoms with Crippen molar-refractivity contribution in [3.05, 3.63) is 0 Å². The van der Waals surface area contributed by atoms with E-state index in [2.05, 4.69) is 15.8 Å². The zero-order valence-electron chi connectivity index (χ0n) is 10.6. The molecule has 7 nitrogen and oxygen atoms in total. The fraction of sp³-hybridized carbons (Fsp3) is 0.700. The fourth-order valence-electron chi connectivity index (χ4n) is 1.10. The Morgan fingerprint density at radius 1 is 1.47 bits per heavy atom. The average molecular weight is 244 g/mol. The number of amides is 2. The highest BCUT2D eigenvalue weighted by Gasteiger charge is 2.28. The molecule has 1 unspecified atom stereocenters. The van der Waals surface area contributed by atoms with Crippen molar-refractivity contribution < 1.29 is 14.8 Å². The van der Waals surface area contributed by atoms with E-state index in [1.165, 1.54) is 14.0 Å². The second-order valence-corrected chi connectivity index (χ2v) is 4.43. The highest BCUT2D eigenvalue weighted by Crippen LogP contribution is 2.13. The van der Waals surface area contributed by atoms with Crippen LogP contribution in [0.3, 0.4) is 0 Å². The molecule has 5 N–H and O–H groups in total. The Morgan fingerprint density at radius 3 is 2.41 bits per heavy atom. The Morgan fingerprint density at radius 2 is 2.00 bits per heavy atom. The lowest BCUT2D eigenvalue weighted by Crippen LogP contribution is -2.46. The molecular weight excluding hydrogens is 224 g/mol. The molecule has 17 heavy (non-hydrogen) atoms. The van der Waals surface area contributed by atoms with Gasteiger partial charge in [0.15, 0.2) is 5.84 Å². The Kier molecular flexibility index (Phi) is 5.43. The third-order valence-corrected chi connectivity index (χ3v) is 2.50. The molecule has 0 spiro atoms. The van der Waals surface area contributed by atoms with Gasteiger partial charge in [0, 0.05) is 13.6 Å². The number of amidine groups is 1. The molecule has 0 aliphatic carbocycles. The van der Waals surface area contributed by atoms with Crippen molar-refractivity contribution in [3.63, 3.8) is 0 Å². The lowest BCUT2D eigenvalue weighted by atomic mass is 9.92. The number of nitrogens with zero attached hydrogens (tertiary/aromatic N) is 1. The van der Waals surface area contributed by atoms with E-state index >= 15 is 0 Å². The van der Waals surface area contributed by atoms with E-state index in [1.807, 2.05) is 0 Å². The van der Waals surface area contributed by atoms with Gasteiger partial charge in [0.25, 0.3) is 0 Å². The van der Waals surface area contributed by atoms with Crippen molar-refractivity contribution in [3.8, 4) is 0 Å². The summed E-state index contributed by atoms with van der Waals surface area (Å²) in [6.45, 7) is 5.10. The van der Waals surface area contributed by atoms with E-state index in [-0.39, 0.29) is 18.3 Å². The molecule has 0 aliphatic heterocycles. The number of carbonyl (C=O) groups is 2. The zero-order valence-corrected chi connectivity index (χ0v) is 10.6. The molecule has 0 saturated heterocycles. The first-order chi connectivity index (χ1) is 7.76. The Bertz CT molecular complexity index is 326. The van der Waals surface area contributed by atoms with E-state index in [0.29, 0.717) is 0 Å². The van der Waals surface area contributed by atoms with Crippen molar-refractivity contribution in [2.45, 2.75) is 20.8 Å². The van der Waals surface area contributed by atoms with E-state index in [0.717, 1.165) is 0 Å². The van der Waals surface area contributed by atoms with Crippen LogP contribution in [0.15, 0.2) is 5.16 Å². The molecule has 0 fully saturated rings. The summed E-state index contributed by atoms with van der Waals surface area (Å²) in [5, 5.41) is 16.3. The minimum Gasteiger partial charge on any atom is -0.409 e. The van der Waals surface area contributed by atoms with Crippen LogP contribution in [0.5, 0.6) is 0 Å². The molecule has 0 saturated carbocycles. The van der Waals surface area contributed by atoms with Crippen LogP contribution in [0.25, 0.3) is 0 Å². The number of carbonyl (C=O) groups excluding carboxylic acids is 2. The van der Waals surface area contributed by atoms with Crippen molar-refractivity contribution in [2.75, 3.05) is 13.6 Å². The topological polar surface area (TPSA) is 117 Å². The van der Waals surface area contributed by atoms with Crippen LogP contribution in [-0.2, 0) is 9.59 Å². The van der Waals surface area contributed by atoms with E-state index < -0.39 is 17.2 Å². The van der Waals surface area contributed by atoms with Gasteiger partial charge >= 0.3 is 0 Å². The maximum Gasteiger partial charge on any atom is 0.230 e. The van der Waals surface area contributed by atoms with Crippen LogP contribution in [0.4, 0.5) is 0 Å². The van der Waals surface area contributed by atoms with Gasteiger partial charge in [-0.2, -0.15) is 0 Å². The smallest absolute Gasteiger partial charge is 0.230 e. The van der Waals surface area contributed by atoms with Crippen molar-refractivity contribution in [1.82, 2.24) is 10.6 Å². The molecule has 1 atom stereocenters. The minimum atomic E-state index is -0.736. The van der Waals surface area contributed by atoms with Crippen LogP contribution in [-0.4, -0.2) is 36.4 Å². The van der Waals surface area contributed by atoms with Gasteiger partial charge in [0.05, 0.1) is 11.3 Å². The summed E-state index contributed by atoms with van der Waals surface area (Å²) in [5.74, 6) is -1.47. The molecule has 0 aromatic rings. The van der Waals surface area contributed by atoms with Gasteiger partial charge in [0.1, 0.15) is 0 Å². The van der Waals surface area contributed by atoms with Crippen molar-refractivity contribution in [1.29, 1.82) is 0 Å². The van der Waals surface area contributed by atoms with Gasteiger partial charge < -0.3 is 21.6 Å². The monoisotopic (exact) mass is 244 g/mol. The van der Waals surface area contributed by atoms with Crippen LogP contribution < -0.4 is 16.4 Å². The van der Waals surface area contributed by atoms with Crippen LogP contribution in [0, 0.1) is 11.3 Å². The Labute approximate surface area is 100 Å². The molecule has 0 radical (unpaired) electrons. The van der Waals surface area contributed by atoms with Gasteiger partial charge in [-0.15, -0.1) is 0 Å². The summed E-state index contributed by atoms with van der Waals surface area (Å²) < 4.78 is 0. The summed E-state index contributed by atoms with van der Waals surface area (Å²) in [5.41, 5.74) is 4.59.